The fourth-order valence-corrected chi connectivity index (χ4v) is 4.84. The van der Waals surface area contributed by atoms with E-state index < -0.39 is 31.2 Å². The van der Waals surface area contributed by atoms with E-state index in [1.54, 1.807) is 13.8 Å². The van der Waals surface area contributed by atoms with Crippen molar-refractivity contribution in [2.75, 3.05) is 11.9 Å². The zero-order valence-electron chi connectivity index (χ0n) is 14.6. The molecule has 1 fully saturated rings. The van der Waals surface area contributed by atoms with Gasteiger partial charge in [0.15, 0.2) is 9.84 Å². The number of sulfone groups is 1. The number of nitrogens with one attached hydrogen (secondary N) is 1. The van der Waals surface area contributed by atoms with Crippen LogP contribution in [0.1, 0.15) is 59.1 Å². The monoisotopic (exact) mass is 358 g/mol. The lowest BCUT2D eigenvalue weighted by Gasteiger charge is -2.26. The normalized spacial score (nSPS) is 17.2. The highest BCUT2D eigenvalue weighted by Crippen LogP contribution is 2.33. The molecule has 0 aliphatic heterocycles. The molecule has 1 aliphatic rings. The van der Waals surface area contributed by atoms with Gasteiger partial charge in [0.25, 0.3) is 0 Å². The van der Waals surface area contributed by atoms with Crippen molar-refractivity contribution in [3.05, 3.63) is 11.8 Å². The van der Waals surface area contributed by atoms with Crippen molar-refractivity contribution in [2.24, 2.45) is 0 Å². The number of carbonyl (C=O) groups is 1. The van der Waals surface area contributed by atoms with Crippen LogP contribution in [0.25, 0.3) is 0 Å². The van der Waals surface area contributed by atoms with E-state index in [9.17, 15) is 18.3 Å². The van der Waals surface area contributed by atoms with Crippen LogP contribution in [0, 0.1) is 0 Å². The maximum absolute atomic E-state index is 12.8. The van der Waals surface area contributed by atoms with Gasteiger partial charge >= 0.3 is 0 Å². The molecule has 0 atom stereocenters. The van der Waals surface area contributed by atoms with Gasteiger partial charge in [0.2, 0.25) is 11.8 Å². The molecule has 0 radical (unpaired) electrons. The standard InChI is InChI=1S/C16H26N2O5S/c1-15(2,10-19)12-9-13(23-18-12)17-14(20)16(3,4)24(21,22)11-7-5-6-8-11/h9,11,19H,5-8,10H2,1-4H3,(H,17,20). The number of aliphatic hydroxyl groups excluding tert-OH is 1. The van der Waals surface area contributed by atoms with Crippen LogP contribution in [0.5, 0.6) is 0 Å². The summed E-state index contributed by atoms with van der Waals surface area (Å²) in [6.07, 6.45) is 2.97. The molecule has 2 N–H and O–H groups in total. The fraction of sp³-hybridized carbons (Fsp3) is 0.750. The molecule has 0 unspecified atom stereocenters. The lowest BCUT2D eigenvalue weighted by molar-refractivity contribution is -0.118. The highest BCUT2D eigenvalue weighted by molar-refractivity contribution is 7.94. The molecule has 7 nitrogen and oxygen atoms in total. The summed E-state index contributed by atoms with van der Waals surface area (Å²) in [4.78, 5) is 12.5. The Hall–Kier alpha value is -1.41. The molecule has 1 saturated carbocycles. The molecule has 2 rings (SSSR count). The minimum atomic E-state index is -3.60. The van der Waals surface area contributed by atoms with E-state index in [-0.39, 0.29) is 12.5 Å². The van der Waals surface area contributed by atoms with Crippen molar-refractivity contribution in [1.29, 1.82) is 0 Å². The minimum Gasteiger partial charge on any atom is -0.395 e. The van der Waals surface area contributed by atoms with Crippen LogP contribution in [0.4, 0.5) is 5.88 Å². The Morgan fingerprint density at radius 3 is 2.46 bits per heavy atom. The topological polar surface area (TPSA) is 110 Å². The van der Waals surface area contributed by atoms with E-state index in [1.807, 2.05) is 0 Å². The van der Waals surface area contributed by atoms with Crippen LogP contribution in [0.2, 0.25) is 0 Å². The third-order valence-corrected chi connectivity index (χ3v) is 7.79. The molecule has 8 heteroatoms. The summed E-state index contributed by atoms with van der Waals surface area (Å²) >= 11 is 0. The smallest absolute Gasteiger partial charge is 0.247 e. The van der Waals surface area contributed by atoms with E-state index in [0.717, 1.165) is 12.8 Å². The number of anilines is 1. The molecule has 1 amide bonds. The van der Waals surface area contributed by atoms with Crippen LogP contribution in [0.3, 0.4) is 0 Å². The average Bonchev–Trinajstić information content (AvgIpc) is 3.18. The van der Waals surface area contributed by atoms with Crippen molar-refractivity contribution < 1.29 is 22.8 Å². The first-order valence-corrected chi connectivity index (χ1v) is 9.70. The molecule has 0 spiro atoms. The first kappa shape index (κ1) is 18.9. The molecular formula is C16H26N2O5S. The first-order chi connectivity index (χ1) is 11.0. The van der Waals surface area contributed by atoms with E-state index in [0.29, 0.717) is 18.5 Å². The first-order valence-electron chi connectivity index (χ1n) is 8.15. The third kappa shape index (κ3) is 3.35. The second-order valence-electron chi connectivity index (χ2n) is 7.53. The van der Waals surface area contributed by atoms with Gasteiger partial charge in [0.05, 0.1) is 17.6 Å². The quantitative estimate of drug-likeness (QED) is 0.805. The zero-order chi connectivity index (χ0) is 18.2. The molecule has 1 heterocycles. The Morgan fingerprint density at radius 1 is 1.33 bits per heavy atom. The maximum Gasteiger partial charge on any atom is 0.247 e. The number of hydrogen-bond donors (Lipinski definition) is 2. The third-order valence-electron chi connectivity index (χ3n) is 4.83. The molecule has 0 aromatic carbocycles. The van der Waals surface area contributed by atoms with E-state index in [2.05, 4.69) is 10.5 Å². The average molecular weight is 358 g/mol. The number of aromatic nitrogens is 1. The molecular weight excluding hydrogens is 332 g/mol. The van der Waals surface area contributed by atoms with Gasteiger partial charge in [-0.2, -0.15) is 0 Å². The van der Waals surface area contributed by atoms with Gasteiger partial charge in [-0.3, -0.25) is 10.1 Å². The van der Waals surface area contributed by atoms with Crippen molar-refractivity contribution in [3.8, 4) is 0 Å². The Morgan fingerprint density at radius 2 is 1.92 bits per heavy atom. The Labute approximate surface area is 142 Å². The minimum absolute atomic E-state index is 0.0752. The van der Waals surface area contributed by atoms with Gasteiger partial charge in [0, 0.05) is 11.5 Å². The van der Waals surface area contributed by atoms with Crippen molar-refractivity contribution in [2.45, 2.75) is 68.8 Å². The summed E-state index contributed by atoms with van der Waals surface area (Å²) < 4.78 is 29.0. The summed E-state index contributed by atoms with van der Waals surface area (Å²) in [5.74, 6) is -0.565. The van der Waals surface area contributed by atoms with Gasteiger partial charge in [-0.25, -0.2) is 8.42 Å². The number of aliphatic hydroxyl groups is 1. The van der Waals surface area contributed by atoms with Crippen molar-refractivity contribution in [1.82, 2.24) is 5.16 Å². The van der Waals surface area contributed by atoms with Gasteiger partial charge in [-0.05, 0) is 26.7 Å². The van der Waals surface area contributed by atoms with E-state index >= 15 is 0 Å². The van der Waals surface area contributed by atoms with Gasteiger partial charge < -0.3 is 9.63 Å². The summed E-state index contributed by atoms with van der Waals surface area (Å²) in [5.41, 5.74) is -0.130. The second kappa shape index (κ2) is 6.48. The van der Waals surface area contributed by atoms with Crippen LogP contribution in [-0.2, 0) is 20.0 Å². The number of carbonyl (C=O) groups excluding carboxylic acids is 1. The van der Waals surface area contributed by atoms with E-state index in [4.69, 9.17) is 4.52 Å². The highest BCUT2D eigenvalue weighted by Gasteiger charge is 2.47. The number of amides is 1. The van der Waals surface area contributed by atoms with Crippen molar-refractivity contribution >= 4 is 21.6 Å². The Kier molecular flexibility index (Phi) is 5.11. The molecule has 24 heavy (non-hydrogen) atoms. The summed E-state index contributed by atoms with van der Waals surface area (Å²) in [7, 11) is -3.60. The molecule has 1 aromatic rings. The largest absolute Gasteiger partial charge is 0.395 e. The molecule has 1 aromatic heterocycles. The van der Waals surface area contributed by atoms with Crippen molar-refractivity contribution in [3.63, 3.8) is 0 Å². The van der Waals surface area contributed by atoms with Gasteiger partial charge in [0.1, 0.15) is 4.75 Å². The number of rotatable bonds is 6. The zero-order valence-corrected chi connectivity index (χ0v) is 15.4. The summed E-state index contributed by atoms with van der Waals surface area (Å²) in [6, 6.07) is 1.51. The molecule has 0 saturated heterocycles. The predicted molar refractivity (Wildman–Crippen MR) is 90.5 cm³/mol. The SMILES string of the molecule is CC(C)(CO)c1cc(NC(=O)C(C)(C)S(=O)(=O)C2CCCC2)on1. The second-order valence-corrected chi connectivity index (χ2v) is 10.3. The lowest BCUT2D eigenvalue weighted by Crippen LogP contribution is -2.48. The number of nitrogens with zero attached hydrogens (tertiary/aromatic N) is 1. The Balaban J connectivity index is 2.16. The molecule has 0 bridgehead atoms. The summed E-state index contributed by atoms with van der Waals surface area (Å²) in [6.45, 7) is 6.28. The summed E-state index contributed by atoms with van der Waals surface area (Å²) in [5, 5.41) is 15.2. The fourth-order valence-electron chi connectivity index (χ4n) is 2.74. The van der Waals surface area contributed by atoms with Gasteiger partial charge in [-0.1, -0.05) is 31.8 Å². The Bertz CT molecular complexity index is 700. The van der Waals surface area contributed by atoms with Crippen LogP contribution < -0.4 is 5.32 Å². The highest BCUT2D eigenvalue weighted by atomic mass is 32.2. The lowest BCUT2D eigenvalue weighted by atomic mass is 9.91. The molecule has 1 aliphatic carbocycles. The van der Waals surface area contributed by atoms with Crippen LogP contribution in [-0.4, -0.2) is 41.2 Å². The van der Waals surface area contributed by atoms with Crippen LogP contribution >= 0.6 is 0 Å². The van der Waals surface area contributed by atoms with Crippen LogP contribution in [0.15, 0.2) is 10.6 Å². The molecule has 136 valence electrons. The number of hydrogen-bond acceptors (Lipinski definition) is 6. The predicted octanol–water partition coefficient (Wildman–Crippen LogP) is 2.02. The van der Waals surface area contributed by atoms with E-state index in [1.165, 1.54) is 19.9 Å². The van der Waals surface area contributed by atoms with Gasteiger partial charge in [-0.15, -0.1) is 0 Å². The maximum atomic E-state index is 12.8.